The molecule has 0 spiro atoms. The fourth-order valence-electron chi connectivity index (χ4n) is 2.82. The Balaban J connectivity index is 2.29. The van der Waals surface area contributed by atoms with Gasteiger partial charge in [-0.25, -0.2) is 0 Å². The smallest absolute Gasteiger partial charge is 0.234 e. The molecule has 4 heteroatoms. The minimum absolute atomic E-state index is 0.0987. The highest BCUT2D eigenvalue weighted by Gasteiger charge is 2.74. The molecule has 0 aromatic heterocycles. The zero-order valence-corrected chi connectivity index (χ0v) is 10.3. The maximum Gasteiger partial charge on any atom is 0.234 e. The quantitative estimate of drug-likeness (QED) is 0.722. The summed E-state index contributed by atoms with van der Waals surface area (Å²) in [6, 6.07) is 0. The van der Waals surface area contributed by atoms with Crippen LogP contribution in [-0.2, 0) is 9.59 Å². The van der Waals surface area contributed by atoms with E-state index in [1.54, 1.807) is 6.92 Å². The number of carbonyl (C=O) groups excluding carboxylic acids is 2. The summed E-state index contributed by atoms with van der Waals surface area (Å²) in [5, 5.41) is 9.37. The first-order valence-corrected chi connectivity index (χ1v) is 5.80. The van der Waals surface area contributed by atoms with Gasteiger partial charge < -0.3 is 5.11 Å². The summed E-state index contributed by atoms with van der Waals surface area (Å²) in [7, 11) is 0. The lowest BCUT2D eigenvalue weighted by molar-refractivity contribution is -0.152. The first-order chi connectivity index (χ1) is 7.31. The Labute approximate surface area is 95.6 Å². The highest BCUT2D eigenvalue weighted by Crippen LogP contribution is 2.64. The molecule has 0 aromatic carbocycles. The summed E-state index contributed by atoms with van der Waals surface area (Å²) in [5.41, 5.74) is -0.896. The Morgan fingerprint density at radius 1 is 1.31 bits per heavy atom. The van der Waals surface area contributed by atoms with E-state index >= 15 is 0 Å². The van der Waals surface area contributed by atoms with E-state index in [-0.39, 0.29) is 35.7 Å². The average Bonchev–Trinajstić information content (AvgIpc) is 2.67. The van der Waals surface area contributed by atoms with Crippen LogP contribution < -0.4 is 0 Å². The van der Waals surface area contributed by atoms with E-state index in [0.717, 1.165) is 0 Å². The number of imide groups is 1. The highest BCUT2D eigenvalue weighted by molar-refractivity contribution is 6.11. The van der Waals surface area contributed by atoms with Crippen LogP contribution in [0.5, 0.6) is 0 Å². The molecule has 1 saturated carbocycles. The molecular formula is C12H19NO3. The molecule has 2 fully saturated rings. The summed E-state index contributed by atoms with van der Waals surface area (Å²) in [5.74, 6) is -0.508. The number of hydrogen-bond donors (Lipinski definition) is 1. The molecule has 90 valence electrons. The largest absolute Gasteiger partial charge is 0.394 e. The molecule has 1 aliphatic heterocycles. The van der Waals surface area contributed by atoms with E-state index in [9.17, 15) is 14.7 Å². The van der Waals surface area contributed by atoms with Crippen molar-refractivity contribution in [2.45, 2.75) is 39.7 Å². The monoisotopic (exact) mass is 225 g/mol. The molecule has 0 aromatic rings. The minimum atomic E-state index is -0.725. The molecule has 4 nitrogen and oxygen atoms in total. The summed E-state index contributed by atoms with van der Waals surface area (Å²) in [6.45, 7) is 7.39. The van der Waals surface area contributed by atoms with Crippen molar-refractivity contribution in [1.29, 1.82) is 0 Å². The van der Waals surface area contributed by atoms with Crippen molar-refractivity contribution in [3.63, 3.8) is 0 Å². The number of carbonyl (C=O) groups is 2. The number of piperidine rings is 1. The number of amides is 2. The summed E-state index contributed by atoms with van der Waals surface area (Å²) in [4.78, 5) is 25.6. The van der Waals surface area contributed by atoms with Gasteiger partial charge in [-0.2, -0.15) is 0 Å². The Hall–Kier alpha value is -0.900. The Morgan fingerprint density at radius 3 is 2.06 bits per heavy atom. The topological polar surface area (TPSA) is 57.6 Å². The van der Waals surface area contributed by atoms with Crippen LogP contribution in [0, 0.1) is 17.3 Å². The first-order valence-electron chi connectivity index (χ1n) is 5.80. The van der Waals surface area contributed by atoms with Crippen molar-refractivity contribution in [2.24, 2.45) is 17.3 Å². The van der Waals surface area contributed by atoms with Gasteiger partial charge in [-0.05, 0) is 18.8 Å². The fourth-order valence-corrected chi connectivity index (χ4v) is 2.82. The maximum absolute atomic E-state index is 12.1. The predicted molar refractivity (Wildman–Crippen MR) is 58.4 cm³/mol. The number of rotatable bonds is 3. The molecule has 1 heterocycles. The molecule has 16 heavy (non-hydrogen) atoms. The van der Waals surface area contributed by atoms with Crippen molar-refractivity contribution in [3.05, 3.63) is 0 Å². The molecule has 3 atom stereocenters. The number of aliphatic hydroxyl groups excluding tert-OH is 1. The molecule has 0 bridgehead atoms. The van der Waals surface area contributed by atoms with Crippen LogP contribution in [0.3, 0.4) is 0 Å². The number of likely N-dealkylation sites (tertiary alicyclic amines) is 1. The van der Waals surface area contributed by atoms with Gasteiger partial charge in [0.05, 0.1) is 24.0 Å². The molecule has 1 saturated heterocycles. The molecule has 2 rings (SSSR count). The van der Waals surface area contributed by atoms with E-state index in [0.29, 0.717) is 6.42 Å². The second kappa shape index (κ2) is 3.06. The summed E-state index contributed by atoms with van der Waals surface area (Å²) >= 11 is 0. The lowest BCUT2D eigenvalue weighted by Gasteiger charge is -2.37. The van der Waals surface area contributed by atoms with Gasteiger partial charge in [-0.3, -0.25) is 14.5 Å². The van der Waals surface area contributed by atoms with Crippen molar-refractivity contribution in [1.82, 2.24) is 4.90 Å². The lowest BCUT2D eigenvalue weighted by Crippen LogP contribution is -2.54. The van der Waals surface area contributed by atoms with Crippen molar-refractivity contribution in [3.8, 4) is 0 Å². The predicted octanol–water partition coefficient (Wildman–Crippen LogP) is 0.788. The van der Waals surface area contributed by atoms with Crippen LogP contribution in [0.15, 0.2) is 0 Å². The Morgan fingerprint density at radius 2 is 1.75 bits per heavy atom. The van der Waals surface area contributed by atoms with Gasteiger partial charge in [0.25, 0.3) is 0 Å². The Bertz CT molecular complexity index is 333. The normalized spacial score (nSPS) is 34.9. The van der Waals surface area contributed by atoms with Crippen LogP contribution >= 0.6 is 0 Å². The third-order valence-corrected chi connectivity index (χ3v) is 4.44. The van der Waals surface area contributed by atoms with Gasteiger partial charge in [0.15, 0.2) is 0 Å². The maximum atomic E-state index is 12.1. The summed E-state index contributed by atoms with van der Waals surface area (Å²) in [6.07, 6.45) is 0.584. The van der Waals surface area contributed by atoms with Crippen LogP contribution in [-0.4, -0.2) is 34.0 Å². The van der Waals surface area contributed by atoms with E-state index in [1.807, 2.05) is 20.8 Å². The minimum Gasteiger partial charge on any atom is -0.394 e. The third kappa shape index (κ3) is 1.14. The molecule has 3 unspecified atom stereocenters. The molecular weight excluding hydrogens is 206 g/mol. The highest BCUT2D eigenvalue weighted by atomic mass is 16.3. The SMILES string of the molecule is CCC(C)(CO)N1C(=O)C2C(C1=O)C2(C)C. The second-order valence-corrected chi connectivity index (χ2v) is 5.80. The van der Waals surface area contributed by atoms with Gasteiger partial charge in [0.1, 0.15) is 0 Å². The van der Waals surface area contributed by atoms with Crippen LogP contribution in [0.4, 0.5) is 0 Å². The van der Waals surface area contributed by atoms with Gasteiger partial charge in [-0.15, -0.1) is 0 Å². The number of aliphatic hydroxyl groups is 1. The van der Waals surface area contributed by atoms with E-state index in [2.05, 4.69) is 0 Å². The Kier molecular flexibility index (Phi) is 2.22. The molecule has 1 N–H and O–H groups in total. The van der Waals surface area contributed by atoms with Crippen LogP contribution in [0.2, 0.25) is 0 Å². The van der Waals surface area contributed by atoms with E-state index in [1.165, 1.54) is 4.90 Å². The number of fused-ring (bicyclic) bond motifs is 1. The van der Waals surface area contributed by atoms with Crippen molar-refractivity contribution >= 4 is 11.8 Å². The van der Waals surface area contributed by atoms with E-state index in [4.69, 9.17) is 0 Å². The van der Waals surface area contributed by atoms with E-state index < -0.39 is 5.54 Å². The standard InChI is InChI=1S/C12H19NO3/c1-5-12(4,6-14)13-9(15)7-8(10(13)16)11(7,2)3/h7-8,14H,5-6H2,1-4H3. The van der Waals surface area contributed by atoms with Crippen LogP contribution in [0.25, 0.3) is 0 Å². The molecule has 0 radical (unpaired) electrons. The van der Waals surface area contributed by atoms with Crippen molar-refractivity contribution < 1.29 is 14.7 Å². The van der Waals surface area contributed by atoms with Gasteiger partial charge in [0.2, 0.25) is 11.8 Å². The number of nitrogens with zero attached hydrogens (tertiary/aromatic N) is 1. The zero-order valence-electron chi connectivity index (χ0n) is 10.3. The first kappa shape index (κ1) is 11.6. The molecule has 2 aliphatic rings. The molecule has 1 aliphatic carbocycles. The van der Waals surface area contributed by atoms with Crippen molar-refractivity contribution in [2.75, 3.05) is 6.61 Å². The average molecular weight is 225 g/mol. The van der Waals surface area contributed by atoms with Gasteiger partial charge in [0, 0.05) is 0 Å². The van der Waals surface area contributed by atoms with Crippen LogP contribution in [0.1, 0.15) is 34.1 Å². The fraction of sp³-hybridized carbons (Fsp3) is 0.833. The third-order valence-electron chi connectivity index (χ3n) is 4.44. The molecule has 2 amide bonds. The zero-order chi connectivity index (χ0) is 12.3. The van der Waals surface area contributed by atoms with Gasteiger partial charge in [-0.1, -0.05) is 20.8 Å². The lowest BCUT2D eigenvalue weighted by atomic mass is 9.95. The number of hydrogen-bond acceptors (Lipinski definition) is 3. The summed E-state index contributed by atoms with van der Waals surface area (Å²) < 4.78 is 0. The second-order valence-electron chi connectivity index (χ2n) is 5.80. The van der Waals surface area contributed by atoms with Gasteiger partial charge >= 0.3 is 0 Å².